The van der Waals surface area contributed by atoms with Crippen molar-refractivity contribution in [2.75, 3.05) is 38.2 Å². The molecule has 3 rings (SSSR count). The van der Waals surface area contributed by atoms with Gasteiger partial charge in [-0.05, 0) is 36.8 Å². The zero-order chi connectivity index (χ0) is 21.7. The molecule has 30 heavy (non-hydrogen) atoms. The highest BCUT2D eigenvalue weighted by molar-refractivity contribution is 5.81. The monoisotopic (exact) mass is 422 g/mol. The number of anilines is 1. The van der Waals surface area contributed by atoms with Crippen LogP contribution in [-0.2, 0) is 11.0 Å². The number of amides is 1. The smallest absolute Gasteiger partial charge is 0.416 e. The Morgan fingerprint density at radius 3 is 2.33 bits per heavy atom. The number of benzene rings is 2. The van der Waals surface area contributed by atoms with Crippen LogP contribution in [-0.4, -0.2) is 50.2 Å². The molecule has 1 fully saturated rings. The summed E-state index contributed by atoms with van der Waals surface area (Å²) in [7, 11) is 1.56. The highest BCUT2D eigenvalue weighted by Gasteiger charge is 2.32. The maximum Gasteiger partial charge on any atom is 0.416 e. The summed E-state index contributed by atoms with van der Waals surface area (Å²) in [6, 6.07) is 12.4. The third kappa shape index (κ3) is 5.17. The summed E-state index contributed by atoms with van der Waals surface area (Å²) in [4.78, 5) is 16.5. The molecule has 1 aliphatic heterocycles. The molecular formula is C22H25F3N2O3. The van der Waals surface area contributed by atoms with Gasteiger partial charge in [0.25, 0.3) is 5.91 Å². The quantitative estimate of drug-likeness (QED) is 0.699. The molecule has 2 aromatic rings. The number of methoxy groups -OCH3 is 1. The van der Waals surface area contributed by atoms with Crippen LogP contribution in [0.15, 0.2) is 48.5 Å². The molecule has 1 amide bonds. The molecule has 5 nitrogen and oxygen atoms in total. The Morgan fingerprint density at radius 2 is 1.70 bits per heavy atom. The molecule has 162 valence electrons. The van der Waals surface area contributed by atoms with Gasteiger partial charge in [0.05, 0.1) is 12.7 Å². The molecule has 0 spiro atoms. The fourth-order valence-corrected chi connectivity index (χ4v) is 3.41. The molecule has 0 bridgehead atoms. The van der Waals surface area contributed by atoms with E-state index in [9.17, 15) is 18.0 Å². The van der Waals surface area contributed by atoms with Gasteiger partial charge in [-0.3, -0.25) is 4.79 Å². The Kier molecular flexibility index (Phi) is 6.74. The standard InChI is InChI=1S/C22H25F3N2O3/c1-3-20(30-19-9-5-8-18(15-19)29-2)21(28)27-12-10-26(11-13-27)17-7-4-6-16(14-17)22(23,24)25/h4-9,14-15,20H,3,10-13H2,1-2H3/t20-/m0/s1. The van der Waals surface area contributed by atoms with Gasteiger partial charge < -0.3 is 19.3 Å². The van der Waals surface area contributed by atoms with Gasteiger partial charge in [0.2, 0.25) is 0 Å². The van der Waals surface area contributed by atoms with E-state index < -0.39 is 17.8 Å². The van der Waals surface area contributed by atoms with E-state index in [1.165, 1.54) is 6.07 Å². The van der Waals surface area contributed by atoms with Crippen LogP contribution in [0.4, 0.5) is 18.9 Å². The summed E-state index contributed by atoms with van der Waals surface area (Å²) in [6.45, 7) is 3.65. The first-order valence-corrected chi connectivity index (χ1v) is 9.83. The second-order valence-corrected chi connectivity index (χ2v) is 7.05. The minimum absolute atomic E-state index is 0.121. The molecule has 8 heteroatoms. The van der Waals surface area contributed by atoms with Gasteiger partial charge in [0, 0.05) is 37.9 Å². The van der Waals surface area contributed by atoms with Crippen molar-refractivity contribution >= 4 is 11.6 Å². The summed E-state index contributed by atoms with van der Waals surface area (Å²) < 4.78 is 49.9. The minimum atomic E-state index is -4.38. The van der Waals surface area contributed by atoms with Crippen molar-refractivity contribution in [1.82, 2.24) is 4.90 Å². The van der Waals surface area contributed by atoms with Crippen LogP contribution in [0.3, 0.4) is 0 Å². The van der Waals surface area contributed by atoms with Crippen molar-refractivity contribution in [2.45, 2.75) is 25.6 Å². The summed E-state index contributed by atoms with van der Waals surface area (Å²) in [6.07, 6.45) is -4.50. The molecule has 0 aliphatic carbocycles. The number of halogens is 3. The lowest BCUT2D eigenvalue weighted by molar-refractivity contribution is -0.139. The fourth-order valence-electron chi connectivity index (χ4n) is 3.41. The summed E-state index contributed by atoms with van der Waals surface area (Å²) in [5.41, 5.74) is -0.159. The van der Waals surface area contributed by atoms with Gasteiger partial charge in [-0.25, -0.2) is 0 Å². The number of piperazine rings is 1. The Bertz CT molecular complexity index is 865. The lowest BCUT2D eigenvalue weighted by Gasteiger charge is -2.37. The average molecular weight is 422 g/mol. The zero-order valence-electron chi connectivity index (χ0n) is 17.0. The predicted molar refractivity (Wildman–Crippen MR) is 108 cm³/mol. The predicted octanol–water partition coefficient (Wildman–Crippen LogP) is 4.22. The van der Waals surface area contributed by atoms with Gasteiger partial charge in [0.15, 0.2) is 6.10 Å². The van der Waals surface area contributed by atoms with E-state index in [4.69, 9.17) is 9.47 Å². The van der Waals surface area contributed by atoms with Crippen LogP contribution >= 0.6 is 0 Å². The van der Waals surface area contributed by atoms with Crippen molar-refractivity contribution in [2.24, 2.45) is 0 Å². The van der Waals surface area contributed by atoms with E-state index in [0.29, 0.717) is 49.8 Å². The molecular weight excluding hydrogens is 397 g/mol. The Hall–Kier alpha value is -2.90. The van der Waals surface area contributed by atoms with Crippen molar-refractivity contribution < 1.29 is 27.4 Å². The second kappa shape index (κ2) is 9.28. The molecule has 1 heterocycles. The topological polar surface area (TPSA) is 42.0 Å². The largest absolute Gasteiger partial charge is 0.497 e. The normalized spacial score (nSPS) is 15.6. The number of rotatable bonds is 6. The van der Waals surface area contributed by atoms with Gasteiger partial charge in [-0.1, -0.05) is 19.1 Å². The van der Waals surface area contributed by atoms with Crippen LogP contribution in [0.25, 0.3) is 0 Å². The Balaban J connectivity index is 1.61. The maximum absolute atomic E-state index is 13.0. The van der Waals surface area contributed by atoms with E-state index in [1.54, 1.807) is 42.3 Å². The van der Waals surface area contributed by atoms with Crippen LogP contribution in [0.5, 0.6) is 11.5 Å². The number of carbonyl (C=O) groups is 1. The number of hydrogen-bond acceptors (Lipinski definition) is 4. The first kappa shape index (κ1) is 21.8. The number of hydrogen-bond donors (Lipinski definition) is 0. The molecule has 0 aromatic heterocycles. The fraction of sp³-hybridized carbons (Fsp3) is 0.409. The van der Waals surface area contributed by atoms with Crippen molar-refractivity contribution in [3.63, 3.8) is 0 Å². The van der Waals surface area contributed by atoms with Gasteiger partial charge in [-0.2, -0.15) is 13.2 Å². The molecule has 0 N–H and O–H groups in total. The summed E-state index contributed by atoms with van der Waals surface area (Å²) in [5, 5.41) is 0. The van der Waals surface area contributed by atoms with E-state index in [1.807, 2.05) is 11.8 Å². The van der Waals surface area contributed by atoms with Crippen molar-refractivity contribution in [3.8, 4) is 11.5 Å². The van der Waals surface area contributed by atoms with Crippen LogP contribution in [0, 0.1) is 0 Å². The van der Waals surface area contributed by atoms with Crippen molar-refractivity contribution in [3.05, 3.63) is 54.1 Å². The first-order valence-electron chi connectivity index (χ1n) is 9.83. The number of carbonyl (C=O) groups excluding carboxylic acids is 1. The highest BCUT2D eigenvalue weighted by atomic mass is 19.4. The maximum atomic E-state index is 13.0. The van der Waals surface area contributed by atoms with Crippen LogP contribution in [0.1, 0.15) is 18.9 Å². The highest BCUT2D eigenvalue weighted by Crippen LogP contribution is 2.32. The number of ether oxygens (including phenoxy) is 2. The average Bonchev–Trinajstić information content (AvgIpc) is 2.77. The SMILES string of the molecule is CC[C@H](Oc1cccc(OC)c1)C(=O)N1CCN(c2cccc(C(F)(F)F)c2)CC1. The van der Waals surface area contributed by atoms with E-state index in [-0.39, 0.29) is 5.91 Å². The van der Waals surface area contributed by atoms with Gasteiger partial charge in [0.1, 0.15) is 11.5 Å². The van der Waals surface area contributed by atoms with E-state index in [2.05, 4.69) is 0 Å². The second-order valence-electron chi connectivity index (χ2n) is 7.05. The van der Waals surface area contributed by atoms with Gasteiger partial charge >= 0.3 is 6.18 Å². The Labute approximate surface area is 174 Å². The lowest BCUT2D eigenvalue weighted by Crippen LogP contribution is -2.52. The van der Waals surface area contributed by atoms with Crippen LogP contribution in [0.2, 0.25) is 0 Å². The lowest BCUT2D eigenvalue weighted by atomic mass is 10.1. The molecule has 0 radical (unpaired) electrons. The molecule has 1 atom stereocenters. The van der Waals surface area contributed by atoms with Gasteiger partial charge in [-0.15, -0.1) is 0 Å². The summed E-state index contributed by atoms with van der Waals surface area (Å²) in [5.74, 6) is 1.07. The third-order valence-electron chi connectivity index (χ3n) is 5.10. The third-order valence-corrected chi connectivity index (χ3v) is 5.10. The van der Waals surface area contributed by atoms with E-state index >= 15 is 0 Å². The zero-order valence-corrected chi connectivity index (χ0v) is 17.0. The first-order chi connectivity index (χ1) is 14.3. The van der Waals surface area contributed by atoms with Crippen molar-refractivity contribution in [1.29, 1.82) is 0 Å². The van der Waals surface area contributed by atoms with E-state index in [0.717, 1.165) is 12.1 Å². The molecule has 1 aliphatic rings. The number of alkyl halides is 3. The van der Waals surface area contributed by atoms with Crippen LogP contribution < -0.4 is 14.4 Å². The summed E-state index contributed by atoms with van der Waals surface area (Å²) >= 11 is 0. The molecule has 0 unspecified atom stereocenters. The minimum Gasteiger partial charge on any atom is -0.497 e. The number of nitrogens with zero attached hydrogens (tertiary/aromatic N) is 2. The Morgan fingerprint density at radius 1 is 1.03 bits per heavy atom. The molecule has 1 saturated heterocycles. The molecule has 0 saturated carbocycles. The molecule has 2 aromatic carbocycles.